The molecule has 120 valence electrons. The second-order valence-electron chi connectivity index (χ2n) is 6.24. The number of hydrogen-bond acceptors (Lipinski definition) is 3. The molecule has 0 saturated carbocycles. The lowest BCUT2D eigenvalue weighted by atomic mass is 10.0. The molecule has 0 aromatic heterocycles. The molecule has 3 N–H and O–H groups in total. The predicted molar refractivity (Wildman–Crippen MR) is 87.4 cm³/mol. The number of hydrogen-bond donors (Lipinski definition) is 2. The molecular formula is C17H25N3O2. The van der Waals surface area contributed by atoms with Crippen LogP contribution in [0.5, 0.6) is 0 Å². The van der Waals surface area contributed by atoms with E-state index in [1.165, 1.54) is 0 Å². The third-order valence-corrected chi connectivity index (χ3v) is 4.16. The van der Waals surface area contributed by atoms with Gasteiger partial charge in [0.1, 0.15) is 0 Å². The Morgan fingerprint density at radius 3 is 2.36 bits per heavy atom. The summed E-state index contributed by atoms with van der Waals surface area (Å²) in [6.07, 6.45) is 1.54. The fraction of sp³-hybridized carbons (Fsp3) is 0.529. The molecule has 1 fully saturated rings. The Morgan fingerprint density at radius 1 is 1.23 bits per heavy atom. The van der Waals surface area contributed by atoms with Crippen LogP contribution in [0, 0.1) is 5.92 Å². The van der Waals surface area contributed by atoms with Gasteiger partial charge in [0.25, 0.3) is 0 Å². The average Bonchev–Trinajstić information content (AvgIpc) is 2.92. The first-order chi connectivity index (χ1) is 10.4. The zero-order valence-corrected chi connectivity index (χ0v) is 13.5. The molecule has 2 amide bonds. The molecule has 5 heteroatoms. The molecule has 2 rings (SSSR count). The first-order valence-electron chi connectivity index (χ1n) is 7.86. The summed E-state index contributed by atoms with van der Waals surface area (Å²) in [5.41, 5.74) is 7.77. The van der Waals surface area contributed by atoms with Gasteiger partial charge in [0.15, 0.2) is 0 Å². The van der Waals surface area contributed by atoms with Gasteiger partial charge in [-0.25, -0.2) is 0 Å². The maximum atomic E-state index is 12.0. The number of nitrogens with zero attached hydrogens (tertiary/aromatic N) is 1. The van der Waals surface area contributed by atoms with E-state index < -0.39 is 6.04 Å². The Kier molecular flexibility index (Phi) is 5.19. The smallest absolute Gasteiger partial charge is 0.237 e. The number of carbonyl (C=O) groups excluding carboxylic acids is 2. The van der Waals surface area contributed by atoms with E-state index >= 15 is 0 Å². The molecule has 1 aromatic rings. The molecule has 1 unspecified atom stereocenters. The van der Waals surface area contributed by atoms with Crippen molar-refractivity contribution in [1.29, 1.82) is 0 Å². The van der Waals surface area contributed by atoms with Crippen molar-refractivity contribution in [3.05, 3.63) is 29.8 Å². The minimum atomic E-state index is -0.496. The number of anilines is 1. The highest BCUT2D eigenvalue weighted by atomic mass is 16.2. The Hall–Kier alpha value is -1.88. The molecule has 0 aliphatic carbocycles. The monoisotopic (exact) mass is 303 g/mol. The Bertz CT molecular complexity index is 539. The van der Waals surface area contributed by atoms with Crippen molar-refractivity contribution in [2.75, 3.05) is 11.4 Å². The van der Waals surface area contributed by atoms with E-state index in [9.17, 15) is 9.59 Å². The van der Waals surface area contributed by atoms with Crippen LogP contribution < -0.4 is 16.0 Å². The van der Waals surface area contributed by atoms with Gasteiger partial charge in [-0.05, 0) is 37.0 Å². The van der Waals surface area contributed by atoms with Gasteiger partial charge in [-0.2, -0.15) is 0 Å². The topological polar surface area (TPSA) is 75.4 Å². The van der Waals surface area contributed by atoms with E-state index in [1.54, 1.807) is 0 Å². The lowest BCUT2D eigenvalue weighted by Crippen LogP contribution is -2.44. The molecule has 5 nitrogen and oxygen atoms in total. The minimum absolute atomic E-state index is 0.107. The molecular weight excluding hydrogens is 278 g/mol. The quantitative estimate of drug-likeness (QED) is 0.873. The molecule has 22 heavy (non-hydrogen) atoms. The van der Waals surface area contributed by atoms with Crippen LogP contribution in [0.15, 0.2) is 24.3 Å². The number of nitrogens with two attached hydrogens (primary N) is 1. The van der Waals surface area contributed by atoms with Crippen molar-refractivity contribution < 1.29 is 9.59 Å². The number of amides is 2. The van der Waals surface area contributed by atoms with E-state index in [0.717, 1.165) is 24.2 Å². The van der Waals surface area contributed by atoms with Crippen LogP contribution in [0.2, 0.25) is 0 Å². The fourth-order valence-corrected chi connectivity index (χ4v) is 2.56. The van der Waals surface area contributed by atoms with Crippen LogP contribution in [0.25, 0.3) is 0 Å². The third-order valence-electron chi connectivity index (χ3n) is 4.16. The number of nitrogens with one attached hydrogen (secondary N) is 1. The summed E-state index contributed by atoms with van der Waals surface area (Å²) in [5, 5.41) is 2.93. The van der Waals surface area contributed by atoms with Gasteiger partial charge >= 0.3 is 0 Å². The Morgan fingerprint density at radius 2 is 1.86 bits per heavy atom. The normalized spacial score (nSPS) is 17.7. The minimum Gasteiger partial charge on any atom is -0.348 e. The van der Waals surface area contributed by atoms with Crippen LogP contribution in [0.4, 0.5) is 5.69 Å². The van der Waals surface area contributed by atoms with Crippen LogP contribution in [0.3, 0.4) is 0 Å². The number of benzene rings is 1. The highest BCUT2D eigenvalue weighted by molar-refractivity contribution is 5.95. The number of rotatable bonds is 5. The second kappa shape index (κ2) is 6.92. The molecule has 1 heterocycles. The summed E-state index contributed by atoms with van der Waals surface area (Å²) < 4.78 is 0. The Labute approximate surface area is 131 Å². The van der Waals surface area contributed by atoms with Gasteiger partial charge in [-0.1, -0.05) is 26.0 Å². The first-order valence-corrected chi connectivity index (χ1v) is 7.86. The fourth-order valence-electron chi connectivity index (χ4n) is 2.56. The number of carbonyl (C=O) groups is 2. The van der Waals surface area contributed by atoms with Crippen LogP contribution in [-0.2, 0) is 9.59 Å². The summed E-state index contributed by atoms with van der Waals surface area (Å²) >= 11 is 0. The zero-order valence-electron chi connectivity index (χ0n) is 13.5. The highest BCUT2D eigenvalue weighted by Crippen LogP contribution is 2.23. The first kappa shape index (κ1) is 16.5. The van der Waals surface area contributed by atoms with E-state index in [1.807, 2.05) is 49.9 Å². The molecule has 0 radical (unpaired) electrons. The van der Waals surface area contributed by atoms with Crippen molar-refractivity contribution in [3.63, 3.8) is 0 Å². The van der Waals surface area contributed by atoms with E-state index in [2.05, 4.69) is 5.32 Å². The van der Waals surface area contributed by atoms with Gasteiger partial charge in [0, 0.05) is 18.7 Å². The summed E-state index contributed by atoms with van der Waals surface area (Å²) in [4.78, 5) is 25.5. The third kappa shape index (κ3) is 3.65. The predicted octanol–water partition coefficient (Wildman–Crippen LogP) is 1.97. The van der Waals surface area contributed by atoms with Gasteiger partial charge in [-0.3, -0.25) is 9.59 Å². The lowest BCUT2D eigenvalue weighted by molar-refractivity contribution is -0.124. The summed E-state index contributed by atoms with van der Waals surface area (Å²) in [7, 11) is 0. The molecule has 1 aromatic carbocycles. The molecule has 1 aliphatic heterocycles. The van der Waals surface area contributed by atoms with Crippen LogP contribution >= 0.6 is 0 Å². The Balaban J connectivity index is 2.00. The highest BCUT2D eigenvalue weighted by Gasteiger charge is 2.22. The molecule has 2 atom stereocenters. The van der Waals surface area contributed by atoms with Crippen LogP contribution in [-0.4, -0.2) is 24.4 Å². The van der Waals surface area contributed by atoms with Gasteiger partial charge in [-0.15, -0.1) is 0 Å². The van der Waals surface area contributed by atoms with Gasteiger partial charge in [0.05, 0.1) is 12.1 Å². The van der Waals surface area contributed by atoms with E-state index in [0.29, 0.717) is 6.42 Å². The van der Waals surface area contributed by atoms with Gasteiger partial charge < -0.3 is 16.0 Å². The largest absolute Gasteiger partial charge is 0.348 e. The van der Waals surface area contributed by atoms with Crippen LogP contribution in [0.1, 0.15) is 45.2 Å². The van der Waals surface area contributed by atoms with E-state index in [4.69, 9.17) is 5.73 Å². The maximum absolute atomic E-state index is 12.0. The summed E-state index contributed by atoms with van der Waals surface area (Å²) in [6.45, 7) is 6.57. The van der Waals surface area contributed by atoms with Gasteiger partial charge in [0.2, 0.25) is 11.8 Å². The van der Waals surface area contributed by atoms with Crippen molar-refractivity contribution in [3.8, 4) is 0 Å². The molecule has 1 aliphatic rings. The lowest BCUT2D eigenvalue weighted by Gasteiger charge is -2.21. The van der Waals surface area contributed by atoms with E-state index in [-0.39, 0.29) is 23.8 Å². The SMILES string of the molecule is CC(NC(=O)[C@@H](N)C(C)C)c1ccc(N2CCCC2=O)cc1. The maximum Gasteiger partial charge on any atom is 0.237 e. The van der Waals surface area contributed by atoms with Crippen molar-refractivity contribution in [1.82, 2.24) is 5.32 Å². The summed E-state index contributed by atoms with van der Waals surface area (Å²) in [6, 6.07) is 7.16. The zero-order chi connectivity index (χ0) is 16.3. The molecule has 1 saturated heterocycles. The van der Waals surface area contributed by atoms with Crippen molar-refractivity contribution in [2.24, 2.45) is 11.7 Å². The van der Waals surface area contributed by atoms with Crippen molar-refractivity contribution in [2.45, 2.75) is 45.7 Å². The second-order valence-corrected chi connectivity index (χ2v) is 6.24. The standard InChI is InChI=1S/C17H25N3O2/c1-11(2)16(18)17(22)19-12(3)13-6-8-14(9-7-13)20-10-4-5-15(20)21/h6-9,11-12,16H,4-5,10,18H2,1-3H3,(H,19,22)/t12?,16-/m0/s1. The summed E-state index contributed by atoms with van der Waals surface area (Å²) in [5.74, 6) is 0.147. The van der Waals surface area contributed by atoms with Crippen molar-refractivity contribution >= 4 is 17.5 Å². The molecule has 0 bridgehead atoms. The average molecular weight is 303 g/mol. The molecule has 0 spiro atoms.